The Labute approximate surface area is 135 Å². The van der Waals surface area contributed by atoms with Crippen molar-refractivity contribution in [2.24, 2.45) is 4.99 Å². The van der Waals surface area contributed by atoms with Crippen LogP contribution < -0.4 is 5.32 Å². The molecular weight excluding hydrogens is 304 g/mol. The highest BCUT2D eigenvalue weighted by molar-refractivity contribution is 8.13. The Balaban J connectivity index is 2.10. The van der Waals surface area contributed by atoms with Gasteiger partial charge in [0.1, 0.15) is 0 Å². The Bertz CT molecular complexity index is 457. The van der Waals surface area contributed by atoms with Gasteiger partial charge in [0.05, 0.1) is 6.61 Å². The van der Waals surface area contributed by atoms with Gasteiger partial charge < -0.3 is 14.9 Å². The third-order valence-electron chi connectivity index (χ3n) is 3.90. The zero-order valence-electron chi connectivity index (χ0n) is 13.1. The summed E-state index contributed by atoms with van der Waals surface area (Å²) in [7, 11) is 1.65. The van der Waals surface area contributed by atoms with Crippen molar-refractivity contribution in [1.82, 2.24) is 15.1 Å². The molecule has 0 spiro atoms. The lowest BCUT2D eigenvalue weighted by atomic mass is 10.1. The number of nitrogens with zero attached hydrogens (tertiary/aromatic N) is 3. The predicted molar refractivity (Wildman–Crippen MR) is 86.7 cm³/mol. The van der Waals surface area contributed by atoms with Crippen molar-refractivity contribution in [1.29, 1.82) is 0 Å². The monoisotopic (exact) mass is 328 g/mol. The van der Waals surface area contributed by atoms with Gasteiger partial charge in [0.15, 0.2) is 17.4 Å². The number of nitrogens with one attached hydrogen (secondary N) is 1. The van der Waals surface area contributed by atoms with Crippen molar-refractivity contribution in [3.05, 3.63) is 0 Å². The number of amidine groups is 1. The number of aliphatic hydroxyl groups is 1. The molecule has 2 unspecified atom stereocenters. The highest BCUT2D eigenvalue weighted by atomic mass is 32.2. The van der Waals surface area contributed by atoms with Gasteiger partial charge in [-0.15, -0.1) is 0 Å². The van der Waals surface area contributed by atoms with E-state index in [9.17, 15) is 9.59 Å². The fourth-order valence-corrected chi connectivity index (χ4v) is 3.53. The van der Waals surface area contributed by atoms with Crippen molar-refractivity contribution in [3.63, 3.8) is 0 Å². The minimum atomic E-state index is -0.464. The van der Waals surface area contributed by atoms with Crippen LogP contribution in [-0.4, -0.2) is 70.2 Å². The average Bonchev–Trinajstić information content (AvgIpc) is 2.86. The van der Waals surface area contributed by atoms with E-state index in [1.807, 2.05) is 4.90 Å². The van der Waals surface area contributed by atoms with Crippen LogP contribution in [0.3, 0.4) is 0 Å². The second kappa shape index (κ2) is 7.82. The lowest BCUT2D eigenvalue weighted by Crippen LogP contribution is -2.63. The van der Waals surface area contributed by atoms with Crippen LogP contribution in [0.15, 0.2) is 4.99 Å². The van der Waals surface area contributed by atoms with Gasteiger partial charge in [0.2, 0.25) is 0 Å². The minimum Gasteiger partial charge on any atom is -0.396 e. The van der Waals surface area contributed by atoms with Gasteiger partial charge in [-0.05, 0) is 6.42 Å². The molecule has 8 heteroatoms. The molecule has 2 rings (SSSR count). The predicted octanol–water partition coefficient (Wildman–Crippen LogP) is 0.840. The van der Waals surface area contributed by atoms with Crippen LogP contribution in [-0.2, 0) is 4.79 Å². The third-order valence-corrected chi connectivity index (χ3v) is 4.88. The zero-order chi connectivity index (χ0) is 16.1. The van der Waals surface area contributed by atoms with E-state index in [1.165, 1.54) is 23.1 Å². The normalized spacial score (nSPS) is 24.4. The molecule has 2 atom stereocenters. The highest BCUT2D eigenvalue weighted by Gasteiger charge is 2.48. The fraction of sp³-hybridized carbons (Fsp3) is 0.786. The van der Waals surface area contributed by atoms with Crippen molar-refractivity contribution < 1.29 is 14.7 Å². The Hall–Kier alpha value is -1.28. The maximum absolute atomic E-state index is 12.2. The number of carbonyl (C=O) groups is 2. The number of amides is 3. The number of imide groups is 1. The molecule has 7 nitrogen and oxygen atoms in total. The Morgan fingerprint density at radius 3 is 2.77 bits per heavy atom. The number of carbonyl (C=O) groups excluding carboxylic acids is 2. The summed E-state index contributed by atoms with van der Waals surface area (Å²) in [4.78, 5) is 32.0. The number of hydrogen-bond donors (Lipinski definition) is 2. The van der Waals surface area contributed by atoms with Crippen molar-refractivity contribution in [3.8, 4) is 0 Å². The Kier molecular flexibility index (Phi) is 6.07. The standard InChI is InChI=1S/C14H24N4O3S/c1-3-4-5-6-7-18-10-11(15-14(18)22-9-8-19)17(2)13(21)16-12(10)20/h10-11,19H,3-9H2,1-2H3,(H,16,20,21). The van der Waals surface area contributed by atoms with Crippen LogP contribution in [0.1, 0.15) is 32.6 Å². The van der Waals surface area contributed by atoms with Gasteiger partial charge in [0.25, 0.3) is 5.91 Å². The molecule has 2 heterocycles. The number of unbranched alkanes of at least 4 members (excludes halogenated alkanes) is 3. The van der Waals surface area contributed by atoms with E-state index in [0.29, 0.717) is 5.75 Å². The molecular formula is C14H24N4O3S. The van der Waals surface area contributed by atoms with E-state index in [4.69, 9.17) is 5.11 Å². The summed E-state index contributed by atoms with van der Waals surface area (Å²) in [5.41, 5.74) is 0. The molecule has 0 saturated carbocycles. The smallest absolute Gasteiger partial charge is 0.325 e. The van der Waals surface area contributed by atoms with Crippen molar-refractivity contribution in [2.45, 2.75) is 44.8 Å². The molecule has 2 N–H and O–H groups in total. The number of urea groups is 1. The lowest BCUT2D eigenvalue weighted by Gasteiger charge is -2.36. The Morgan fingerprint density at radius 2 is 2.09 bits per heavy atom. The van der Waals surface area contributed by atoms with Crippen LogP contribution in [0.5, 0.6) is 0 Å². The summed E-state index contributed by atoms with van der Waals surface area (Å²) in [5, 5.41) is 12.2. The third kappa shape index (κ3) is 3.55. The van der Waals surface area contributed by atoms with E-state index in [0.717, 1.165) is 31.0 Å². The highest BCUT2D eigenvalue weighted by Crippen LogP contribution is 2.28. The number of aliphatic hydroxyl groups excluding tert-OH is 1. The number of rotatable bonds is 7. The molecule has 0 radical (unpaired) electrons. The van der Waals surface area contributed by atoms with Crippen LogP contribution in [0.4, 0.5) is 4.79 Å². The van der Waals surface area contributed by atoms with Crippen LogP contribution in [0.25, 0.3) is 0 Å². The first-order chi connectivity index (χ1) is 10.6. The maximum atomic E-state index is 12.2. The summed E-state index contributed by atoms with van der Waals surface area (Å²) in [6, 6.07) is -0.861. The van der Waals surface area contributed by atoms with Gasteiger partial charge in [0, 0.05) is 19.3 Å². The maximum Gasteiger partial charge on any atom is 0.325 e. The molecule has 1 saturated heterocycles. The van der Waals surface area contributed by atoms with Crippen molar-refractivity contribution in [2.75, 3.05) is 26.0 Å². The van der Waals surface area contributed by atoms with Crippen LogP contribution in [0, 0.1) is 0 Å². The van der Waals surface area contributed by atoms with Gasteiger partial charge in [-0.3, -0.25) is 10.1 Å². The van der Waals surface area contributed by atoms with E-state index >= 15 is 0 Å². The quantitative estimate of drug-likeness (QED) is 0.677. The van der Waals surface area contributed by atoms with Crippen LogP contribution in [0.2, 0.25) is 0 Å². The number of likely N-dealkylation sites (N-methyl/N-ethyl adjacent to an activating group) is 1. The van der Waals surface area contributed by atoms with Gasteiger partial charge in [-0.25, -0.2) is 9.79 Å². The molecule has 3 amide bonds. The van der Waals surface area contributed by atoms with Gasteiger partial charge >= 0.3 is 6.03 Å². The molecule has 124 valence electrons. The molecule has 2 aliphatic heterocycles. The largest absolute Gasteiger partial charge is 0.396 e. The van der Waals surface area contributed by atoms with Gasteiger partial charge in [-0.2, -0.15) is 0 Å². The molecule has 2 aliphatic rings. The van der Waals surface area contributed by atoms with Crippen LogP contribution >= 0.6 is 11.8 Å². The zero-order valence-corrected chi connectivity index (χ0v) is 13.9. The number of aliphatic imine (C=N–C) groups is 1. The summed E-state index contributed by atoms with van der Waals surface area (Å²) in [6.45, 7) is 2.96. The Morgan fingerprint density at radius 1 is 1.32 bits per heavy atom. The first-order valence-corrected chi connectivity index (χ1v) is 8.74. The molecule has 1 fully saturated rings. The molecule has 0 aromatic carbocycles. The lowest BCUT2D eigenvalue weighted by molar-refractivity contribution is -0.127. The molecule has 22 heavy (non-hydrogen) atoms. The SMILES string of the molecule is CCCCCCN1C(SCCO)=NC2C1C(=O)NC(=O)N2C. The first-order valence-electron chi connectivity index (χ1n) is 7.76. The van der Waals surface area contributed by atoms with E-state index in [1.54, 1.807) is 7.05 Å². The average molecular weight is 328 g/mol. The second-order valence-electron chi connectivity index (χ2n) is 5.50. The fourth-order valence-electron chi connectivity index (χ4n) is 2.70. The summed E-state index contributed by atoms with van der Waals surface area (Å²) < 4.78 is 0. The minimum absolute atomic E-state index is 0.0592. The second-order valence-corrected chi connectivity index (χ2v) is 6.56. The summed E-state index contributed by atoms with van der Waals surface area (Å²) >= 11 is 1.44. The molecule has 0 bridgehead atoms. The van der Waals surface area contributed by atoms with E-state index in [2.05, 4.69) is 17.2 Å². The number of hydrogen-bond acceptors (Lipinski definition) is 6. The number of fused-ring (bicyclic) bond motifs is 1. The molecule has 0 aromatic heterocycles. The van der Waals surface area contributed by atoms with E-state index in [-0.39, 0.29) is 12.5 Å². The first kappa shape index (κ1) is 17.1. The topological polar surface area (TPSA) is 85.2 Å². The van der Waals surface area contributed by atoms with Crippen molar-refractivity contribution >= 4 is 28.9 Å². The number of thioether (sulfide) groups is 1. The van der Waals surface area contributed by atoms with Gasteiger partial charge in [-0.1, -0.05) is 37.9 Å². The molecule has 0 aliphatic carbocycles. The summed E-state index contributed by atoms with van der Waals surface area (Å²) in [6.07, 6.45) is 3.96. The summed E-state index contributed by atoms with van der Waals surface area (Å²) in [5.74, 6) is 0.246. The van der Waals surface area contributed by atoms with E-state index < -0.39 is 18.2 Å². The molecule has 0 aromatic rings.